The third-order valence-corrected chi connectivity index (χ3v) is 6.69. The summed E-state index contributed by atoms with van der Waals surface area (Å²) in [5.41, 5.74) is 3.12. The molecule has 0 spiro atoms. The van der Waals surface area contributed by atoms with E-state index in [9.17, 15) is 10.1 Å². The van der Waals surface area contributed by atoms with Crippen molar-refractivity contribution in [1.29, 1.82) is 5.26 Å². The molecule has 2 aliphatic heterocycles. The maximum absolute atomic E-state index is 13.8. The molecule has 2 aromatic carbocycles. The number of fused-ring (bicyclic) bond motifs is 3. The fourth-order valence-corrected chi connectivity index (χ4v) is 4.94. The van der Waals surface area contributed by atoms with Gasteiger partial charge in [0.05, 0.1) is 11.6 Å². The van der Waals surface area contributed by atoms with Crippen LogP contribution in [-0.2, 0) is 0 Å². The molecule has 6 rings (SSSR count). The van der Waals surface area contributed by atoms with E-state index in [1.54, 1.807) is 29.3 Å². The molecule has 10 nitrogen and oxygen atoms in total. The van der Waals surface area contributed by atoms with Gasteiger partial charge in [-0.1, -0.05) is 12.1 Å². The number of hydrogen-bond acceptors (Lipinski definition) is 9. The van der Waals surface area contributed by atoms with Crippen LogP contribution < -0.4 is 15.1 Å². The molecule has 0 radical (unpaired) electrons. The maximum atomic E-state index is 13.8. The summed E-state index contributed by atoms with van der Waals surface area (Å²) in [4.78, 5) is 26.9. The van der Waals surface area contributed by atoms with Gasteiger partial charge in [0.1, 0.15) is 11.4 Å². The Kier molecular flexibility index (Phi) is 5.73. The number of nitriles is 1. The van der Waals surface area contributed by atoms with Gasteiger partial charge in [0.25, 0.3) is 5.91 Å². The van der Waals surface area contributed by atoms with Gasteiger partial charge in [-0.05, 0) is 56.2 Å². The summed E-state index contributed by atoms with van der Waals surface area (Å²) in [7, 11) is 0. The van der Waals surface area contributed by atoms with E-state index in [0.29, 0.717) is 58.9 Å². The number of aromatic nitrogens is 4. The van der Waals surface area contributed by atoms with Crippen molar-refractivity contribution in [3.05, 3.63) is 65.9 Å². The number of anilines is 3. The van der Waals surface area contributed by atoms with Crippen molar-refractivity contribution in [3.63, 3.8) is 0 Å². The second-order valence-corrected chi connectivity index (χ2v) is 9.02. The maximum Gasteiger partial charge on any atom is 0.263 e. The lowest BCUT2D eigenvalue weighted by Gasteiger charge is -2.27. The Balaban J connectivity index is 1.34. The molecule has 1 saturated heterocycles. The zero-order chi connectivity index (χ0) is 25.4. The summed E-state index contributed by atoms with van der Waals surface area (Å²) in [5.74, 6) is 1.75. The number of carbonyl (C=O) groups is 1. The van der Waals surface area contributed by atoms with Crippen molar-refractivity contribution in [2.75, 3.05) is 34.8 Å². The molecule has 10 heteroatoms. The predicted molar refractivity (Wildman–Crippen MR) is 138 cm³/mol. The standard InChI is InChI=1S/C27H24N8O2/c1-2-29-27-30-15-22-23(31-27)34-11-5-10-21(34)16-35(26(22)36)20-9-4-8-19(13-20)25-33-32-24(37-25)18-7-3-6-17(12-18)14-28/h3-4,6-9,12-13,15,21H,2,5,10-11,16H2,1H3,(H,29,30,31)/t21-/m0/s1. The van der Waals surface area contributed by atoms with Crippen LogP contribution in [0, 0.1) is 11.3 Å². The number of amides is 1. The lowest BCUT2D eigenvalue weighted by atomic mass is 10.1. The van der Waals surface area contributed by atoms with Gasteiger partial charge in [0.2, 0.25) is 17.7 Å². The van der Waals surface area contributed by atoms with Gasteiger partial charge in [-0.25, -0.2) is 4.98 Å². The molecule has 1 fully saturated rings. The van der Waals surface area contributed by atoms with Crippen LogP contribution in [0.5, 0.6) is 0 Å². The normalized spacial score (nSPS) is 16.6. The Morgan fingerprint density at radius 1 is 1.14 bits per heavy atom. The van der Waals surface area contributed by atoms with Crippen LogP contribution in [0.25, 0.3) is 22.9 Å². The Bertz CT molecular complexity index is 1520. The summed E-state index contributed by atoms with van der Waals surface area (Å²) >= 11 is 0. The number of rotatable bonds is 5. The molecule has 0 bridgehead atoms. The van der Waals surface area contributed by atoms with Gasteiger partial charge < -0.3 is 19.5 Å². The van der Waals surface area contributed by atoms with Crippen LogP contribution in [0.4, 0.5) is 17.5 Å². The number of carbonyl (C=O) groups excluding carboxylic acids is 1. The lowest BCUT2D eigenvalue weighted by molar-refractivity contribution is 0.0988. The topological polar surface area (TPSA) is 124 Å². The van der Waals surface area contributed by atoms with Gasteiger partial charge >= 0.3 is 0 Å². The first-order valence-corrected chi connectivity index (χ1v) is 12.3. The molecule has 4 aromatic rings. The first-order valence-electron chi connectivity index (χ1n) is 12.3. The average molecular weight is 493 g/mol. The van der Waals surface area contributed by atoms with Crippen LogP contribution in [0.3, 0.4) is 0 Å². The quantitative estimate of drug-likeness (QED) is 0.438. The first kappa shape index (κ1) is 22.7. The minimum Gasteiger partial charge on any atom is -0.416 e. The van der Waals surface area contributed by atoms with Crippen LogP contribution in [0.15, 0.2) is 59.1 Å². The second kappa shape index (κ2) is 9.35. The lowest BCUT2D eigenvalue weighted by Crippen LogP contribution is -2.39. The third kappa shape index (κ3) is 4.14. The van der Waals surface area contributed by atoms with E-state index in [4.69, 9.17) is 9.40 Å². The first-order chi connectivity index (χ1) is 18.1. The summed E-state index contributed by atoms with van der Waals surface area (Å²) in [5, 5.41) is 20.7. The summed E-state index contributed by atoms with van der Waals surface area (Å²) in [6.45, 7) is 4.10. The Hall–Kier alpha value is -4.78. The summed E-state index contributed by atoms with van der Waals surface area (Å²) in [6.07, 6.45) is 3.66. The van der Waals surface area contributed by atoms with Gasteiger partial charge in [0.15, 0.2) is 0 Å². The highest BCUT2D eigenvalue weighted by Gasteiger charge is 2.37. The molecule has 184 valence electrons. The van der Waals surface area contributed by atoms with Gasteiger partial charge in [0, 0.05) is 48.7 Å². The predicted octanol–water partition coefficient (Wildman–Crippen LogP) is 4.13. The van der Waals surface area contributed by atoms with E-state index in [2.05, 4.69) is 31.5 Å². The molecule has 2 aliphatic rings. The van der Waals surface area contributed by atoms with Gasteiger partial charge in [-0.2, -0.15) is 10.2 Å². The Morgan fingerprint density at radius 3 is 2.70 bits per heavy atom. The fourth-order valence-electron chi connectivity index (χ4n) is 4.94. The van der Waals surface area contributed by atoms with Crippen LogP contribution in [0.2, 0.25) is 0 Å². The van der Waals surface area contributed by atoms with Crippen molar-refractivity contribution in [1.82, 2.24) is 20.2 Å². The Labute approximate surface area is 213 Å². The van der Waals surface area contributed by atoms with Crippen LogP contribution in [-0.4, -0.2) is 51.7 Å². The zero-order valence-electron chi connectivity index (χ0n) is 20.3. The van der Waals surface area contributed by atoms with Crippen molar-refractivity contribution < 1.29 is 9.21 Å². The minimum absolute atomic E-state index is 0.135. The molecular weight excluding hydrogens is 468 g/mol. The number of nitrogens with one attached hydrogen (secondary N) is 1. The summed E-state index contributed by atoms with van der Waals surface area (Å²) in [6, 6.07) is 16.9. The molecule has 1 atom stereocenters. The van der Waals surface area contributed by atoms with E-state index < -0.39 is 0 Å². The zero-order valence-corrected chi connectivity index (χ0v) is 20.3. The molecule has 4 heterocycles. The summed E-state index contributed by atoms with van der Waals surface area (Å²) < 4.78 is 5.94. The highest BCUT2D eigenvalue weighted by atomic mass is 16.4. The van der Waals surface area contributed by atoms with Crippen LogP contribution >= 0.6 is 0 Å². The second-order valence-electron chi connectivity index (χ2n) is 9.02. The SMILES string of the molecule is CCNc1ncc2c(n1)N1CCC[C@H]1CN(c1cccc(-c3nnc(-c4cccc(C#N)c4)o3)c1)C2=O. The third-order valence-electron chi connectivity index (χ3n) is 6.69. The highest BCUT2D eigenvalue weighted by molar-refractivity contribution is 6.10. The minimum atomic E-state index is -0.135. The van der Waals surface area contributed by atoms with E-state index >= 15 is 0 Å². The molecular formula is C27H24N8O2. The highest BCUT2D eigenvalue weighted by Crippen LogP contribution is 2.35. The van der Waals surface area contributed by atoms with Gasteiger partial charge in [-0.3, -0.25) is 4.79 Å². The molecule has 0 aliphatic carbocycles. The number of nitrogens with zero attached hydrogens (tertiary/aromatic N) is 7. The Morgan fingerprint density at radius 2 is 1.92 bits per heavy atom. The van der Waals surface area contributed by atoms with Gasteiger partial charge in [-0.15, -0.1) is 10.2 Å². The van der Waals surface area contributed by atoms with E-state index in [0.717, 1.165) is 25.1 Å². The largest absolute Gasteiger partial charge is 0.416 e. The number of benzene rings is 2. The molecule has 2 aromatic heterocycles. The monoisotopic (exact) mass is 492 g/mol. The van der Waals surface area contributed by atoms with Crippen molar-refractivity contribution in [2.45, 2.75) is 25.8 Å². The average Bonchev–Trinajstić information content (AvgIpc) is 3.60. The fraction of sp³-hybridized carbons (Fsp3) is 0.259. The van der Waals surface area contributed by atoms with Crippen molar-refractivity contribution in [3.8, 4) is 29.0 Å². The van der Waals surface area contributed by atoms with E-state index in [-0.39, 0.29) is 11.9 Å². The molecule has 37 heavy (non-hydrogen) atoms. The molecule has 1 N–H and O–H groups in total. The number of hydrogen-bond donors (Lipinski definition) is 1. The molecule has 1 amide bonds. The van der Waals surface area contributed by atoms with Crippen molar-refractivity contribution in [2.24, 2.45) is 0 Å². The molecule has 0 unspecified atom stereocenters. The van der Waals surface area contributed by atoms with Crippen molar-refractivity contribution >= 4 is 23.4 Å². The van der Waals surface area contributed by atoms with E-state index in [1.807, 2.05) is 37.3 Å². The van der Waals surface area contributed by atoms with Crippen LogP contribution in [0.1, 0.15) is 35.7 Å². The molecule has 0 saturated carbocycles. The van der Waals surface area contributed by atoms with E-state index in [1.165, 1.54) is 0 Å². The smallest absolute Gasteiger partial charge is 0.263 e.